The number of aromatic nitrogens is 4. The minimum atomic E-state index is -3.20. The molecule has 0 aliphatic heterocycles. The zero-order chi connectivity index (χ0) is 16.6. The molecule has 0 unspecified atom stereocenters. The molecule has 0 bridgehead atoms. The van der Waals surface area contributed by atoms with E-state index in [0.717, 1.165) is 20.6 Å². The van der Waals surface area contributed by atoms with Gasteiger partial charge in [0.25, 0.3) is 0 Å². The van der Waals surface area contributed by atoms with Gasteiger partial charge in [-0.3, -0.25) is 0 Å². The van der Waals surface area contributed by atoms with Gasteiger partial charge in [-0.25, -0.2) is 0 Å². The number of halogens is 1. The van der Waals surface area contributed by atoms with Crippen LogP contribution < -0.4 is 4.48 Å². The SMILES string of the molecule is Cn1ncc2c([As]Cc3cccc(S(C)(=O)=O)c3)nc(Cl)nc21. The fourth-order valence-corrected chi connectivity index (χ4v) is 5.27. The van der Waals surface area contributed by atoms with Crippen molar-refractivity contribution >= 4 is 52.7 Å². The van der Waals surface area contributed by atoms with E-state index in [9.17, 15) is 8.42 Å². The Kier molecular flexibility index (Phi) is 4.45. The number of fused-ring (bicyclic) bond motifs is 1. The van der Waals surface area contributed by atoms with E-state index in [4.69, 9.17) is 11.6 Å². The molecule has 3 rings (SSSR count). The van der Waals surface area contributed by atoms with Gasteiger partial charge in [-0.15, -0.1) is 0 Å². The Labute approximate surface area is 145 Å². The van der Waals surface area contributed by atoms with Crippen LogP contribution >= 0.6 is 11.6 Å². The van der Waals surface area contributed by atoms with E-state index in [1.165, 1.54) is 6.26 Å². The predicted octanol–water partition coefficient (Wildman–Crippen LogP) is 0.950. The summed E-state index contributed by atoms with van der Waals surface area (Å²) in [5.41, 5.74) is 1.68. The van der Waals surface area contributed by atoms with Gasteiger partial charge in [-0.2, -0.15) is 0 Å². The van der Waals surface area contributed by atoms with E-state index in [1.807, 2.05) is 13.1 Å². The Hall–Kier alpha value is -1.43. The van der Waals surface area contributed by atoms with Gasteiger partial charge >= 0.3 is 146 Å². The quantitative estimate of drug-likeness (QED) is 0.472. The van der Waals surface area contributed by atoms with E-state index < -0.39 is 9.84 Å². The van der Waals surface area contributed by atoms with Crippen molar-refractivity contribution in [3.05, 3.63) is 41.3 Å². The third kappa shape index (κ3) is 3.57. The van der Waals surface area contributed by atoms with Crippen LogP contribution in [0, 0.1) is 0 Å². The Morgan fingerprint density at radius 3 is 2.83 bits per heavy atom. The minimum absolute atomic E-state index is 0.205. The van der Waals surface area contributed by atoms with Crippen LogP contribution in [0.1, 0.15) is 5.56 Å². The van der Waals surface area contributed by atoms with Crippen LogP contribution in [0.5, 0.6) is 0 Å². The fraction of sp³-hybridized carbons (Fsp3) is 0.214. The van der Waals surface area contributed by atoms with E-state index in [-0.39, 0.29) is 21.0 Å². The molecule has 9 heteroatoms. The molecule has 3 aromatic rings. The molecule has 0 amide bonds. The molecule has 2 aromatic heterocycles. The molecule has 0 aliphatic rings. The molecule has 0 saturated heterocycles. The Morgan fingerprint density at radius 1 is 1.30 bits per heavy atom. The van der Waals surface area contributed by atoms with E-state index in [0.29, 0.717) is 10.5 Å². The maximum absolute atomic E-state index is 11.6. The molecular formula is C14H13AsClN4O2S. The van der Waals surface area contributed by atoms with Crippen LogP contribution in [0.25, 0.3) is 11.0 Å². The summed E-state index contributed by atoms with van der Waals surface area (Å²) in [7, 11) is -1.39. The molecular weight excluding hydrogens is 399 g/mol. The summed E-state index contributed by atoms with van der Waals surface area (Å²) < 4.78 is 25.8. The van der Waals surface area contributed by atoms with Crippen LogP contribution in [0.4, 0.5) is 0 Å². The monoisotopic (exact) mass is 411 g/mol. The number of hydrogen-bond donors (Lipinski definition) is 0. The Bertz CT molecular complexity index is 988. The van der Waals surface area contributed by atoms with Crippen LogP contribution in [-0.4, -0.2) is 50.2 Å². The van der Waals surface area contributed by atoms with Gasteiger partial charge in [-0.1, -0.05) is 0 Å². The molecule has 0 aliphatic carbocycles. The van der Waals surface area contributed by atoms with Crippen molar-refractivity contribution in [3.63, 3.8) is 0 Å². The number of aryl methyl sites for hydroxylation is 1. The fourth-order valence-electron chi connectivity index (χ4n) is 2.14. The van der Waals surface area contributed by atoms with Crippen molar-refractivity contribution in [2.75, 3.05) is 6.26 Å². The van der Waals surface area contributed by atoms with Crippen LogP contribution in [0.3, 0.4) is 0 Å². The van der Waals surface area contributed by atoms with E-state index in [2.05, 4.69) is 15.1 Å². The number of hydrogen-bond acceptors (Lipinski definition) is 5. The first-order chi connectivity index (χ1) is 10.8. The summed E-state index contributed by atoms with van der Waals surface area (Å²) in [5, 5.41) is 6.04. The van der Waals surface area contributed by atoms with Gasteiger partial charge < -0.3 is 0 Å². The summed E-state index contributed by atoms with van der Waals surface area (Å²) in [6, 6.07) is 7.01. The molecule has 23 heavy (non-hydrogen) atoms. The molecule has 0 N–H and O–H groups in total. The molecule has 119 valence electrons. The van der Waals surface area contributed by atoms with Gasteiger partial charge in [0.05, 0.1) is 0 Å². The van der Waals surface area contributed by atoms with Crippen molar-refractivity contribution in [2.24, 2.45) is 7.05 Å². The van der Waals surface area contributed by atoms with Crippen LogP contribution in [-0.2, 0) is 22.1 Å². The summed E-state index contributed by atoms with van der Waals surface area (Å²) >= 11 is 5.67. The number of rotatable bonds is 4. The second-order valence-corrected chi connectivity index (χ2v) is 9.63. The molecule has 1 radical (unpaired) electrons. The van der Waals surface area contributed by atoms with Gasteiger partial charge in [-0.05, 0) is 0 Å². The van der Waals surface area contributed by atoms with Gasteiger partial charge in [0.1, 0.15) is 0 Å². The zero-order valence-electron chi connectivity index (χ0n) is 12.4. The average Bonchev–Trinajstić information content (AvgIpc) is 2.86. The van der Waals surface area contributed by atoms with E-state index >= 15 is 0 Å². The van der Waals surface area contributed by atoms with Crippen molar-refractivity contribution < 1.29 is 8.42 Å². The molecule has 6 nitrogen and oxygen atoms in total. The number of nitrogens with zero attached hydrogens (tertiary/aromatic N) is 4. The third-order valence-electron chi connectivity index (χ3n) is 3.28. The van der Waals surface area contributed by atoms with Gasteiger partial charge in [0, 0.05) is 0 Å². The molecule has 2 heterocycles. The van der Waals surface area contributed by atoms with Gasteiger partial charge in [0.2, 0.25) is 0 Å². The Balaban J connectivity index is 1.90. The molecule has 0 spiro atoms. The molecule has 0 atom stereocenters. The second kappa shape index (κ2) is 6.23. The normalized spacial score (nSPS) is 12.5. The van der Waals surface area contributed by atoms with Crippen LogP contribution in [0.15, 0.2) is 35.4 Å². The van der Waals surface area contributed by atoms with Crippen molar-refractivity contribution in [1.29, 1.82) is 0 Å². The van der Waals surface area contributed by atoms with Crippen molar-refractivity contribution in [3.8, 4) is 0 Å². The first kappa shape index (κ1) is 16.4. The first-order valence-electron chi connectivity index (χ1n) is 6.66. The molecule has 1 aromatic carbocycles. The zero-order valence-corrected chi connectivity index (χ0v) is 15.9. The number of sulfone groups is 1. The average molecular weight is 412 g/mol. The van der Waals surface area contributed by atoms with Crippen molar-refractivity contribution in [1.82, 2.24) is 19.7 Å². The topological polar surface area (TPSA) is 77.7 Å². The van der Waals surface area contributed by atoms with E-state index in [1.54, 1.807) is 29.1 Å². The summed E-state index contributed by atoms with van der Waals surface area (Å²) in [6.07, 6.45) is 2.95. The third-order valence-corrected chi connectivity index (χ3v) is 7.00. The summed E-state index contributed by atoms with van der Waals surface area (Å²) in [5.74, 6) is 0. The van der Waals surface area contributed by atoms with Crippen LogP contribution in [0.2, 0.25) is 5.28 Å². The Morgan fingerprint density at radius 2 is 2.09 bits per heavy atom. The van der Waals surface area contributed by atoms with Gasteiger partial charge in [0.15, 0.2) is 0 Å². The second-order valence-electron chi connectivity index (χ2n) is 5.06. The standard InChI is InChI=1S/C14H13AsClN4O2S/c1-20-13-11(8-17-20)12(18-14(16)19-13)15-7-9-4-3-5-10(6-9)23(2,21)22/h3-6,8H,7H2,1-2H3. The molecule has 0 saturated carbocycles. The number of benzene rings is 1. The summed E-state index contributed by atoms with van der Waals surface area (Å²) in [6.45, 7) is 0. The molecule has 0 fully saturated rings. The first-order valence-corrected chi connectivity index (χ1v) is 11.2. The predicted molar refractivity (Wildman–Crippen MR) is 90.0 cm³/mol. The van der Waals surface area contributed by atoms with Crippen molar-refractivity contribution in [2.45, 2.75) is 10.1 Å². The maximum atomic E-state index is 11.6. The summed E-state index contributed by atoms with van der Waals surface area (Å²) in [4.78, 5) is 8.85.